The first kappa shape index (κ1) is 32.3. The minimum absolute atomic E-state index is 0.0419. The highest BCUT2D eigenvalue weighted by molar-refractivity contribution is 6.02. The number of rotatable bonds is 14. The van der Waals surface area contributed by atoms with Gasteiger partial charge in [0.15, 0.2) is 5.78 Å². The van der Waals surface area contributed by atoms with Crippen molar-refractivity contribution >= 4 is 17.6 Å². The molecule has 1 aliphatic rings. The number of Topliss-reactive ketones (excluding diaryl/α,β-unsaturated/α-hetero) is 1. The molecule has 2 N–H and O–H groups in total. The number of ketones is 1. The molecule has 0 spiro atoms. The van der Waals surface area contributed by atoms with Crippen molar-refractivity contribution in [3.8, 4) is 0 Å². The van der Waals surface area contributed by atoms with Gasteiger partial charge in [0, 0.05) is 36.7 Å². The van der Waals surface area contributed by atoms with Gasteiger partial charge in [-0.05, 0) is 74.1 Å². The highest BCUT2D eigenvalue weighted by Gasteiger charge is 2.29. The summed E-state index contributed by atoms with van der Waals surface area (Å²) in [5.74, 6) is -3.19. The first-order valence-electron chi connectivity index (χ1n) is 14.6. The average molecular weight is 573 g/mol. The molecule has 2 amide bonds. The van der Waals surface area contributed by atoms with Gasteiger partial charge in [-0.15, -0.1) is 0 Å². The van der Waals surface area contributed by atoms with E-state index in [9.17, 15) is 28.3 Å². The fourth-order valence-corrected chi connectivity index (χ4v) is 5.28. The summed E-state index contributed by atoms with van der Waals surface area (Å²) in [5, 5.41) is 13.3. The number of aliphatic hydroxyl groups is 1. The summed E-state index contributed by atoms with van der Waals surface area (Å²) in [6.45, 7) is 6.68. The van der Waals surface area contributed by atoms with Crippen LogP contribution in [0.25, 0.3) is 0 Å². The number of aryl methyl sites for hydroxylation is 1. The molecule has 224 valence electrons. The first-order valence-corrected chi connectivity index (χ1v) is 14.6. The van der Waals surface area contributed by atoms with Crippen molar-refractivity contribution in [1.29, 1.82) is 0 Å². The summed E-state index contributed by atoms with van der Waals surface area (Å²) < 4.78 is 33.6. The number of amides is 2. The molecule has 3 rings (SSSR count). The normalized spacial score (nSPS) is 15.3. The Morgan fingerprint density at radius 1 is 0.951 bits per heavy atom. The van der Waals surface area contributed by atoms with Gasteiger partial charge < -0.3 is 20.1 Å². The predicted octanol–water partition coefficient (Wildman–Crippen LogP) is 5.16. The van der Waals surface area contributed by atoms with Crippen molar-refractivity contribution in [2.75, 3.05) is 19.7 Å². The van der Waals surface area contributed by atoms with E-state index in [0.717, 1.165) is 63.1 Å². The van der Waals surface area contributed by atoms with Crippen LogP contribution in [-0.2, 0) is 16.0 Å². The molecule has 2 aromatic rings. The number of nitrogens with one attached hydrogen (secondary N) is 1. The second-order valence-corrected chi connectivity index (χ2v) is 10.9. The Balaban J connectivity index is 1.82. The first-order chi connectivity index (χ1) is 19.6. The van der Waals surface area contributed by atoms with Crippen molar-refractivity contribution in [3.63, 3.8) is 0 Å². The van der Waals surface area contributed by atoms with Crippen molar-refractivity contribution in [2.24, 2.45) is 0 Å². The highest BCUT2D eigenvalue weighted by atomic mass is 19.1. The fourth-order valence-electron chi connectivity index (χ4n) is 5.28. The van der Waals surface area contributed by atoms with Gasteiger partial charge >= 0.3 is 0 Å². The smallest absolute Gasteiger partial charge is 0.253 e. The number of ether oxygens (including phenoxy) is 1. The summed E-state index contributed by atoms with van der Waals surface area (Å²) in [6, 6.07) is 6.39. The topological polar surface area (TPSA) is 95.9 Å². The van der Waals surface area contributed by atoms with E-state index in [0.29, 0.717) is 24.2 Å². The molecule has 9 heteroatoms. The number of benzene rings is 2. The highest BCUT2D eigenvalue weighted by Crippen LogP contribution is 2.21. The lowest BCUT2D eigenvalue weighted by atomic mass is 9.97. The van der Waals surface area contributed by atoms with Crippen LogP contribution in [0.5, 0.6) is 0 Å². The van der Waals surface area contributed by atoms with Crippen LogP contribution in [-0.4, -0.2) is 65.6 Å². The van der Waals surface area contributed by atoms with Crippen molar-refractivity contribution in [2.45, 2.75) is 90.4 Å². The molecule has 7 nitrogen and oxygen atoms in total. The fraction of sp³-hybridized carbons (Fsp3) is 0.531. The molecular weight excluding hydrogens is 530 g/mol. The molecule has 1 saturated carbocycles. The third kappa shape index (κ3) is 9.71. The molecule has 0 heterocycles. The Morgan fingerprint density at radius 2 is 1.56 bits per heavy atom. The molecule has 0 aliphatic heterocycles. The lowest BCUT2D eigenvalue weighted by Gasteiger charge is -2.25. The minimum Gasteiger partial charge on any atom is -0.383 e. The monoisotopic (exact) mass is 572 g/mol. The Labute approximate surface area is 241 Å². The second kappa shape index (κ2) is 15.7. The van der Waals surface area contributed by atoms with Gasteiger partial charge in [-0.25, -0.2) is 8.78 Å². The van der Waals surface area contributed by atoms with Crippen LogP contribution < -0.4 is 5.32 Å². The lowest BCUT2D eigenvalue weighted by Crippen LogP contribution is -2.48. The van der Waals surface area contributed by atoms with Crippen molar-refractivity contribution < 1.29 is 33.0 Å². The van der Waals surface area contributed by atoms with Gasteiger partial charge in [-0.2, -0.15) is 0 Å². The number of carbonyl (C=O) groups is 3. The molecule has 41 heavy (non-hydrogen) atoms. The standard InChI is InChI=1S/C32H42F2N2O5/c1-4-11-36(12-5-2)32(40)24-14-21(3)13-23(18-24)31(39)35-28(17-22-15-25(33)19-26(34)16-22)30(38)29(37)20-41-27-9-7-6-8-10-27/h13-16,18-19,27-29,37H,4-12,17,20H2,1-3H3,(H,35,39)/t28-,29+/m0/s1. The Bertz CT molecular complexity index is 1170. The van der Waals surface area contributed by atoms with Gasteiger partial charge in [-0.1, -0.05) is 33.1 Å². The summed E-state index contributed by atoms with van der Waals surface area (Å²) in [7, 11) is 0. The van der Waals surface area contributed by atoms with Crippen molar-refractivity contribution in [1.82, 2.24) is 10.2 Å². The SMILES string of the molecule is CCCN(CCC)C(=O)c1cc(C)cc(C(=O)N[C@@H](Cc2cc(F)cc(F)c2)C(=O)[C@H](O)COC2CCCCC2)c1. The predicted molar refractivity (Wildman–Crippen MR) is 153 cm³/mol. The number of hydrogen-bond donors (Lipinski definition) is 2. The number of halogens is 2. The number of carbonyl (C=O) groups excluding carboxylic acids is 3. The third-order valence-electron chi connectivity index (χ3n) is 7.24. The van der Waals surface area contributed by atoms with E-state index in [1.165, 1.54) is 6.07 Å². The molecule has 0 radical (unpaired) electrons. The van der Waals surface area contributed by atoms with E-state index in [-0.39, 0.29) is 36.2 Å². The molecule has 0 unspecified atom stereocenters. The zero-order valence-electron chi connectivity index (χ0n) is 24.3. The maximum Gasteiger partial charge on any atom is 0.253 e. The third-order valence-corrected chi connectivity index (χ3v) is 7.24. The van der Waals surface area contributed by atoms with Crippen LogP contribution in [0.2, 0.25) is 0 Å². The Morgan fingerprint density at radius 3 is 2.17 bits per heavy atom. The quantitative estimate of drug-likeness (QED) is 0.326. The van der Waals surface area contributed by atoms with E-state index < -0.39 is 35.5 Å². The summed E-state index contributed by atoms with van der Waals surface area (Å²) >= 11 is 0. The van der Waals surface area contributed by atoms with Crippen LogP contribution in [0.1, 0.15) is 90.6 Å². The van der Waals surface area contributed by atoms with Gasteiger partial charge in [0.05, 0.1) is 18.8 Å². The maximum absolute atomic E-state index is 13.9. The van der Waals surface area contributed by atoms with E-state index in [2.05, 4.69) is 5.32 Å². The van der Waals surface area contributed by atoms with E-state index >= 15 is 0 Å². The zero-order valence-corrected chi connectivity index (χ0v) is 24.3. The number of nitrogens with zero attached hydrogens (tertiary/aromatic N) is 1. The van der Waals surface area contributed by atoms with Gasteiger partial charge in [0.25, 0.3) is 11.8 Å². The van der Waals surface area contributed by atoms with Crippen molar-refractivity contribution in [3.05, 3.63) is 70.3 Å². The zero-order chi connectivity index (χ0) is 29.9. The van der Waals surface area contributed by atoms with E-state index in [1.807, 2.05) is 13.8 Å². The Hall–Kier alpha value is -3.17. The molecule has 0 bridgehead atoms. The number of aliphatic hydroxyl groups excluding tert-OH is 1. The van der Waals surface area contributed by atoms with Gasteiger partial charge in [0.1, 0.15) is 17.7 Å². The molecule has 2 atom stereocenters. The molecule has 0 saturated heterocycles. The van der Waals surface area contributed by atoms with Crippen LogP contribution in [0, 0.1) is 18.6 Å². The Kier molecular flexibility index (Phi) is 12.4. The molecule has 1 aliphatic carbocycles. The second-order valence-electron chi connectivity index (χ2n) is 10.9. The van der Waals surface area contributed by atoms with Crippen LogP contribution in [0.3, 0.4) is 0 Å². The molecular formula is C32H42F2N2O5. The van der Waals surface area contributed by atoms with Crippen LogP contribution in [0.4, 0.5) is 8.78 Å². The molecule has 1 fully saturated rings. The summed E-state index contributed by atoms with van der Waals surface area (Å²) in [4.78, 5) is 41.7. The average Bonchev–Trinajstić information content (AvgIpc) is 2.94. The van der Waals surface area contributed by atoms with E-state index in [4.69, 9.17) is 4.74 Å². The minimum atomic E-state index is -1.54. The molecule has 0 aromatic heterocycles. The van der Waals surface area contributed by atoms with E-state index in [1.54, 1.807) is 24.0 Å². The van der Waals surface area contributed by atoms with Gasteiger partial charge in [0.2, 0.25) is 0 Å². The van der Waals surface area contributed by atoms with Gasteiger partial charge in [-0.3, -0.25) is 14.4 Å². The number of hydrogen-bond acceptors (Lipinski definition) is 5. The summed E-state index contributed by atoms with van der Waals surface area (Å²) in [5.41, 5.74) is 1.35. The van der Waals surface area contributed by atoms with Crippen LogP contribution in [0.15, 0.2) is 36.4 Å². The molecule has 2 aromatic carbocycles. The van der Waals surface area contributed by atoms with Crippen LogP contribution >= 0.6 is 0 Å². The summed E-state index contributed by atoms with van der Waals surface area (Å²) in [6.07, 6.45) is 4.65. The largest absolute Gasteiger partial charge is 0.383 e. The maximum atomic E-state index is 13.9. The lowest BCUT2D eigenvalue weighted by molar-refractivity contribution is -0.134.